The van der Waals surface area contributed by atoms with E-state index in [1.54, 1.807) is 6.92 Å². The molecule has 1 rings (SSSR count). The van der Waals surface area contributed by atoms with Gasteiger partial charge in [0.1, 0.15) is 0 Å². The largest absolute Gasteiger partial charge is 0.481 e. The highest BCUT2D eigenvalue weighted by molar-refractivity contribution is 5.70. The van der Waals surface area contributed by atoms with Crippen LogP contribution in [0.4, 0.5) is 0 Å². The summed E-state index contributed by atoms with van der Waals surface area (Å²) in [5.74, 6) is -1.35. The van der Waals surface area contributed by atoms with Crippen LogP contribution in [-0.4, -0.2) is 22.3 Å². The zero-order valence-electron chi connectivity index (χ0n) is 8.76. The molecular formula is C12H16O3. The lowest BCUT2D eigenvalue weighted by Crippen LogP contribution is -2.21. The summed E-state index contributed by atoms with van der Waals surface area (Å²) in [7, 11) is 0. The second kappa shape index (κ2) is 5.51. The second-order valence-corrected chi connectivity index (χ2v) is 3.81. The van der Waals surface area contributed by atoms with Gasteiger partial charge >= 0.3 is 5.97 Å². The van der Waals surface area contributed by atoms with Crippen LogP contribution in [0, 0.1) is 5.92 Å². The van der Waals surface area contributed by atoms with Crippen molar-refractivity contribution in [2.75, 3.05) is 0 Å². The fourth-order valence-electron chi connectivity index (χ4n) is 1.58. The summed E-state index contributed by atoms with van der Waals surface area (Å²) in [4.78, 5) is 10.9. The molecule has 0 aliphatic heterocycles. The van der Waals surface area contributed by atoms with E-state index in [2.05, 4.69) is 0 Å². The molecule has 0 aliphatic carbocycles. The van der Waals surface area contributed by atoms with Crippen molar-refractivity contribution in [1.29, 1.82) is 0 Å². The lowest BCUT2D eigenvalue weighted by atomic mass is 9.94. The highest BCUT2D eigenvalue weighted by Crippen LogP contribution is 2.14. The van der Waals surface area contributed by atoms with Crippen molar-refractivity contribution in [3.8, 4) is 0 Å². The van der Waals surface area contributed by atoms with Crippen molar-refractivity contribution in [3.05, 3.63) is 35.9 Å². The van der Waals surface area contributed by atoms with Crippen LogP contribution >= 0.6 is 0 Å². The first-order valence-corrected chi connectivity index (χ1v) is 5.04. The number of benzene rings is 1. The first-order chi connectivity index (χ1) is 7.09. The third-order valence-electron chi connectivity index (χ3n) is 2.30. The molecule has 0 aliphatic rings. The summed E-state index contributed by atoms with van der Waals surface area (Å²) < 4.78 is 0. The molecule has 2 unspecified atom stereocenters. The standard InChI is InChI=1S/C12H16O3/c1-9(13)7-11(12(14)15)8-10-5-3-2-4-6-10/h2-6,9,11,13H,7-8H2,1H3,(H,14,15). The summed E-state index contributed by atoms with van der Waals surface area (Å²) in [6.07, 6.45) is 0.195. The van der Waals surface area contributed by atoms with E-state index in [1.807, 2.05) is 30.3 Å². The summed E-state index contributed by atoms with van der Waals surface area (Å²) in [6.45, 7) is 1.61. The molecular weight excluding hydrogens is 192 g/mol. The number of carbonyl (C=O) groups is 1. The molecule has 0 heterocycles. The smallest absolute Gasteiger partial charge is 0.306 e. The van der Waals surface area contributed by atoms with Crippen molar-refractivity contribution in [3.63, 3.8) is 0 Å². The molecule has 2 atom stereocenters. The number of carboxylic acids is 1. The average molecular weight is 208 g/mol. The van der Waals surface area contributed by atoms with Gasteiger partial charge < -0.3 is 10.2 Å². The Kier molecular flexibility index (Phi) is 4.31. The predicted molar refractivity (Wildman–Crippen MR) is 57.6 cm³/mol. The van der Waals surface area contributed by atoms with Gasteiger partial charge in [-0.15, -0.1) is 0 Å². The second-order valence-electron chi connectivity index (χ2n) is 3.81. The number of hydrogen-bond donors (Lipinski definition) is 2. The number of carboxylic acid groups (broad SMARTS) is 1. The molecule has 0 saturated heterocycles. The van der Waals surface area contributed by atoms with E-state index in [9.17, 15) is 9.90 Å². The minimum absolute atomic E-state index is 0.296. The molecule has 1 aromatic carbocycles. The van der Waals surface area contributed by atoms with Crippen molar-refractivity contribution >= 4 is 5.97 Å². The maximum absolute atomic E-state index is 10.9. The van der Waals surface area contributed by atoms with Gasteiger partial charge in [0, 0.05) is 0 Å². The average Bonchev–Trinajstić information content (AvgIpc) is 2.17. The number of rotatable bonds is 5. The first kappa shape index (κ1) is 11.7. The van der Waals surface area contributed by atoms with Crippen LogP contribution in [0.5, 0.6) is 0 Å². The summed E-state index contributed by atoms with van der Waals surface area (Å²) >= 11 is 0. The lowest BCUT2D eigenvalue weighted by molar-refractivity contribution is -0.142. The summed E-state index contributed by atoms with van der Waals surface area (Å²) in [5.41, 5.74) is 0.991. The Labute approximate surface area is 89.4 Å². The SMILES string of the molecule is CC(O)CC(Cc1ccccc1)C(=O)O. The van der Waals surface area contributed by atoms with E-state index >= 15 is 0 Å². The zero-order valence-corrected chi connectivity index (χ0v) is 8.76. The third kappa shape index (κ3) is 4.13. The van der Waals surface area contributed by atoms with Crippen LogP contribution in [-0.2, 0) is 11.2 Å². The number of hydrogen-bond acceptors (Lipinski definition) is 2. The van der Waals surface area contributed by atoms with Crippen LogP contribution in [0.15, 0.2) is 30.3 Å². The minimum Gasteiger partial charge on any atom is -0.481 e. The van der Waals surface area contributed by atoms with Gasteiger partial charge in [-0.05, 0) is 25.3 Å². The van der Waals surface area contributed by atoms with Crippen molar-refractivity contribution in [1.82, 2.24) is 0 Å². The molecule has 0 spiro atoms. The Bertz CT molecular complexity index is 306. The van der Waals surface area contributed by atoms with Crippen LogP contribution in [0.25, 0.3) is 0 Å². The molecule has 3 nitrogen and oxygen atoms in total. The number of aliphatic hydroxyl groups excluding tert-OH is 1. The third-order valence-corrected chi connectivity index (χ3v) is 2.30. The van der Waals surface area contributed by atoms with Crippen LogP contribution < -0.4 is 0 Å². The van der Waals surface area contributed by atoms with Crippen LogP contribution in [0.1, 0.15) is 18.9 Å². The van der Waals surface area contributed by atoms with E-state index in [-0.39, 0.29) is 0 Å². The van der Waals surface area contributed by atoms with E-state index in [1.165, 1.54) is 0 Å². The lowest BCUT2D eigenvalue weighted by Gasteiger charge is -2.13. The quantitative estimate of drug-likeness (QED) is 0.774. The topological polar surface area (TPSA) is 57.5 Å². The van der Waals surface area contributed by atoms with Crippen LogP contribution in [0.3, 0.4) is 0 Å². The normalized spacial score (nSPS) is 14.5. The van der Waals surface area contributed by atoms with E-state index in [0.29, 0.717) is 12.8 Å². The molecule has 2 N–H and O–H groups in total. The minimum atomic E-state index is -0.847. The molecule has 0 amide bonds. The van der Waals surface area contributed by atoms with Gasteiger partial charge in [0.25, 0.3) is 0 Å². The van der Waals surface area contributed by atoms with E-state index < -0.39 is 18.0 Å². The monoisotopic (exact) mass is 208 g/mol. The van der Waals surface area contributed by atoms with Gasteiger partial charge in [-0.25, -0.2) is 0 Å². The van der Waals surface area contributed by atoms with Gasteiger partial charge in [0.05, 0.1) is 12.0 Å². The molecule has 0 radical (unpaired) electrons. The molecule has 0 aromatic heterocycles. The zero-order chi connectivity index (χ0) is 11.3. The Morgan fingerprint density at radius 1 is 1.33 bits per heavy atom. The first-order valence-electron chi connectivity index (χ1n) is 5.04. The molecule has 0 saturated carbocycles. The van der Waals surface area contributed by atoms with Gasteiger partial charge in [0.15, 0.2) is 0 Å². The highest BCUT2D eigenvalue weighted by atomic mass is 16.4. The van der Waals surface area contributed by atoms with Gasteiger partial charge in [0.2, 0.25) is 0 Å². The van der Waals surface area contributed by atoms with Crippen LogP contribution in [0.2, 0.25) is 0 Å². The molecule has 0 fully saturated rings. The maximum Gasteiger partial charge on any atom is 0.306 e. The molecule has 0 bridgehead atoms. The predicted octanol–water partition coefficient (Wildman–Crippen LogP) is 1.70. The van der Waals surface area contributed by atoms with Crippen molar-refractivity contribution in [2.24, 2.45) is 5.92 Å². The Morgan fingerprint density at radius 3 is 2.40 bits per heavy atom. The maximum atomic E-state index is 10.9. The van der Waals surface area contributed by atoms with Crippen molar-refractivity contribution < 1.29 is 15.0 Å². The van der Waals surface area contributed by atoms with Gasteiger partial charge in [-0.2, -0.15) is 0 Å². The number of aliphatic carboxylic acids is 1. The van der Waals surface area contributed by atoms with E-state index in [0.717, 1.165) is 5.56 Å². The van der Waals surface area contributed by atoms with Gasteiger partial charge in [-0.3, -0.25) is 4.79 Å². The molecule has 82 valence electrons. The summed E-state index contributed by atoms with van der Waals surface area (Å²) in [6, 6.07) is 9.47. The fraction of sp³-hybridized carbons (Fsp3) is 0.417. The molecule has 3 heteroatoms. The Balaban J connectivity index is 2.63. The Morgan fingerprint density at radius 2 is 1.93 bits per heavy atom. The fourth-order valence-corrected chi connectivity index (χ4v) is 1.58. The van der Waals surface area contributed by atoms with Gasteiger partial charge in [-0.1, -0.05) is 30.3 Å². The molecule has 15 heavy (non-hydrogen) atoms. The highest BCUT2D eigenvalue weighted by Gasteiger charge is 2.19. The summed E-state index contributed by atoms with van der Waals surface area (Å²) in [5, 5.41) is 18.2. The number of aliphatic hydroxyl groups is 1. The van der Waals surface area contributed by atoms with E-state index in [4.69, 9.17) is 5.11 Å². The Hall–Kier alpha value is -1.35. The van der Waals surface area contributed by atoms with Crippen molar-refractivity contribution in [2.45, 2.75) is 25.9 Å². The molecule has 1 aromatic rings.